The summed E-state index contributed by atoms with van der Waals surface area (Å²) >= 11 is 1.72. The third-order valence-electron chi connectivity index (χ3n) is 3.39. The molecule has 0 saturated carbocycles. The van der Waals surface area contributed by atoms with Crippen LogP contribution in [0.3, 0.4) is 0 Å². The maximum atomic E-state index is 5.20. The molecule has 0 amide bonds. The Morgan fingerprint density at radius 2 is 1.95 bits per heavy atom. The highest BCUT2D eigenvalue weighted by atomic mass is 32.1. The highest BCUT2D eigenvalue weighted by Crippen LogP contribution is 2.27. The zero-order valence-corrected chi connectivity index (χ0v) is 12.3. The van der Waals surface area contributed by atoms with Gasteiger partial charge in [-0.15, -0.1) is 11.3 Å². The molecule has 2 aromatic heterocycles. The van der Waals surface area contributed by atoms with Gasteiger partial charge in [0.2, 0.25) is 0 Å². The van der Waals surface area contributed by atoms with Crippen LogP contribution in [0.4, 0.5) is 0 Å². The van der Waals surface area contributed by atoms with E-state index in [4.69, 9.17) is 4.74 Å². The van der Waals surface area contributed by atoms with E-state index in [1.54, 1.807) is 18.4 Å². The zero-order valence-electron chi connectivity index (χ0n) is 11.5. The molecule has 1 unspecified atom stereocenters. The fourth-order valence-corrected chi connectivity index (χ4v) is 3.13. The lowest BCUT2D eigenvalue weighted by atomic mass is 10.0. The molecule has 3 nitrogen and oxygen atoms in total. The third kappa shape index (κ3) is 2.40. The quantitative estimate of drug-likeness (QED) is 0.794. The molecule has 0 aliphatic heterocycles. The third-order valence-corrected chi connectivity index (χ3v) is 4.25. The lowest BCUT2D eigenvalue weighted by Gasteiger charge is -2.17. The molecule has 1 atom stereocenters. The number of hydrogen-bond donors (Lipinski definition) is 1. The second-order valence-electron chi connectivity index (χ2n) is 4.57. The van der Waals surface area contributed by atoms with Gasteiger partial charge in [-0.3, -0.25) is 4.98 Å². The lowest BCUT2D eigenvalue weighted by molar-refractivity contribution is 0.414. The van der Waals surface area contributed by atoms with Crippen LogP contribution in [0.25, 0.3) is 10.2 Å². The van der Waals surface area contributed by atoms with Crippen molar-refractivity contribution in [3.63, 3.8) is 0 Å². The smallest absolute Gasteiger partial charge is 0.118 e. The standard InChI is InChI=1S/C16H16N2OS/c1-17-16(11-3-5-13(19-2)6-4-11)12-9-15-14(18-10-12)7-8-20-15/h3-10,16-17H,1-2H3. The summed E-state index contributed by atoms with van der Waals surface area (Å²) in [6.07, 6.45) is 1.94. The van der Waals surface area contributed by atoms with Crippen LogP contribution in [-0.4, -0.2) is 19.1 Å². The first-order valence-electron chi connectivity index (χ1n) is 6.46. The molecule has 0 radical (unpaired) electrons. The van der Waals surface area contributed by atoms with Crippen molar-refractivity contribution in [3.05, 3.63) is 59.1 Å². The van der Waals surface area contributed by atoms with Crippen molar-refractivity contribution >= 4 is 21.6 Å². The number of pyridine rings is 1. The minimum atomic E-state index is 0.139. The van der Waals surface area contributed by atoms with Gasteiger partial charge in [-0.05, 0) is 47.8 Å². The molecule has 0 aliphatic rings. The van der Waals surface area contributed by atoms with Gasteiger partial charge >= 0.3 is 0 Å². The summed E-state index contributed by atoms with van der Waals surface area (Å²) in [6.45, 7) is 0. The first-order chi connectivity index (χ1) is 9.81. The minimum absolute atomic E-state index is 0.139. The Balaban J connectivity index is 1.98. The molecule has 1 N–H and O–H groups in total. The van der Waals surface area contributed by atoms with Crippen molar-refractivity contribution in [2.75, 3.05) is 14.2 Å². The summed E-state index contributed by atoms with van der Waals surface area (Å²) in [5.74, 6) is 0.871. The van der Waals surface area contributed by atoms with Crippen LogP contribution in [0.15, 0.2) is 48.0 Å². The molecule has 0 bridgehead atoms. The molecule has 0 saturated heterocycles. The molecule has 3 aromatic rings. The molecule has 3 rings (SSSR count). The summed E-state index contributed by atoms with van der Waals surface area (Å²) in [4.78, 5) is 4.51. The average molecular weight is 284 g/mol. The van der Waals surface area contributed by atoms with E-state index in [-0.39, 0.29) is 6.04 Å². The van der Waals surface area contributed by atoms with Gasteiger partial charge in [-0.2, -0.15) is 0 Å². The van der Waals surface area contributed by atoms with E-state index in [0.29, 0.717) is 0 Å². The Bertz CT molecular complexity index is 706. The summed E-state index contributed by atoms with van der Waals surface area (Å²) in [7, 11) is 3.65. The highest BCUT2D eigenvalue weighted by Gasteiger charge is 2.13. The minimum Gasteiger partial charge on any atom is -0.497 e. The van der Waals surface area contributed by atoms with Crippen LogP contribution >= 0.6 is 11.3 Å². The van der Waals surface area contributed by atoms with Crippen LogP contribution in [0.5, 0.6) is 5.75 Å². The molecule has 4 heteroatoms. The number of rotatable bonds is 4. The summed E-state index contributed by atoms with van der Waals surface area (Å²) in [6, 6.07) is 12.5. The van der Waals surface area contributed by atoms with Crippen molar-refractivity contribution in [2.24, 2.45) is 0 Å². The van der Waals surface area contributed by atoms with Gasteiger partial charge in [-0.1, -0.05) is 12.1 Å². The van der Waals surface area contributed by atoms with Crippen LogP contribution in [0, 0.1) is 0 Å². The van der Waals surface area contributed by atoms with Gasteiger partial charge in [0.05, 0.1) is 23.4 Å². The SMILES string of the molecule is CNC(c1ccc(OC)cc1)c1cnc2ccsc2c1. The molecule has 0 spiro atoms. The monoisotopic (exact) mass is 284 g/mol. The zero-order chi connectivity index (χ0) is 13.9. The Kier molecular flexibility index (Phi) is 3.67. The predicted molar refractivity (Wildman–Crippen MR) is 83.5 cm³/mol. The highest BCUT2D eigenvalue weighted by molar-refractivity contribution is 7.17. The summed E-state index contributed by atoms with van der Waals surface area (Å²) in [5.41, 5.74) is 3.43. The summed E-state index contributed by atoms with van der Waals surface area (Å²) < 4.78 is 6.42. The molecule has 0 fully saturated rings. The van der Waals surface area contributed by atoms with Crippen LogP contribution < -0.4 is 10.1 Å². The van der Waals surface area contributed by atoms with Gasteiger partial charge in [0, 0.05) is 6.20 Å². The Labute approximate surface area is 122 Å². The number of thiophene rings is 1. The van der Waals surface area contributed by atoms with Gasteiger partial charge in [0.15, 0.2) is 0 Å². The predicted octanol–water partition coefficient (Wildman–Crippen LogP) is 3.61. The van der Waals surface area contributed by atoms with Gasteiger partial charge in [-0.25, -0.2) is 0 Å². The Hall–Kier alpha value is -1.91. The number of nitrogens with one attached hydrogen (secondary N) is 1. The van der Waals surface area contributed by atoms with E-state index in [9.17, 15) is 0 Å². The maximum absolute atomic E-state index is 5.20. The van der Waals surface area contributed by atoms with Crippen LogP contribution in [-0.2, 0) is 0 Å². The molecular weight excluding hydrogens is 268 g/mol. The number of fused-ring (bicyclic) bond motifs is 1. The molecular formula is C16H16N2OS. The molecule has 0 aliphatic carbocycles. The number of nitrogens with zero attached hydrogens (tertiary/aromatic N) is 1. The molecule has 1 aromatic carbocycles. The number of benzene rings is 1. The van der Waals surface area contributed by atoms with Gasteiger partial charge < -0.3 is 10.1 Å². The van der Waals surface area contributed by atoms with Crippen LogP contribution in [0.1, 0.15) is 17.2 Å². The van der Waals surface area contributed by atoms with Crippen molar-refractivity contribution in [1.29, 1.82) is 0 Å². The largest absolute Gasteiger partial charge is 0.497 e. The van der Waals surface area contributed by atoms with Gasteiger partial charge in [0.1, 0.15) is 5.75 Å². The average Bonchev–Trinajstić information content (AvgIpc) is 2.96. The van der Waals surface area contributed by atoms with Crippen molar-refractivity contribution in [1.82, 2.24) is 10.3 Å². The van der Waals surface area contributed by atoms with Gasteiger partial charge in [0.25, 0.3) is 0 Å². The van der Waals surface area contributed by atoms with Crippen LogP contribution in [0.2, 0.25) is 0 Å². The number of methoxy groups -OCH3 is 1. The number of hydrogen-bond acceptors (Lipinski definition) is 4. The fourth-order valence-electron chi connectivity index (χ4n) is 2.34. The van der Waals surface area contributed by atoms with Crippen molar-refractivity contribution in [3.8, 4) is 5.75 Å². The van der Waals surface area contributed by atoms with E-state index < -0.39 is 0 Å². The van der Waals surface area contributed by atoms with Crippen molar-refractivity contribution < 1.29 is 4.74 Å². The number of aromatic nitrogens is 1. The first kappa shape index (κ1) is 13.1. The topological polar surface area (TPSA) is 34.1 Å². The second kappa shape index (κ2) is 5.61. The van der Waals surface area contributed by atoms with E-state index in [1.165, 1.54) is 15.8 Å². The maximum Gasteiger partial charge on any atom is 0.118 e. The van der Waals surface area contributed by atoms with Crippen molar-refractivity contribution in [2.45, 2.75) is 6.04 Å². The van der Waals surface area contributed by atoms with E-state index in [1.807, 2.05) is 31.4 Å². The van der Waals surface area contributed by atoms with E-state index in [2.05, 4.69) is 33.9 Å². The summed E-state index contributed by atoms with van der Waals surface area (Å²) in [5, 5.41) is 5.43. The second-order valence-corrected chi connectivity index (χ2v) is 5.52. The molecule has 102 valence electrons. The molecule has 20 heavy (non-hydrogen) atoms. The first-order valence-corrected chi connectivity index (χ1v) is 7.34. The number of ether oxygens (including phenoxy) is 1. The lowest BCUT2D eigenvalue weighted by Crippen LogP contribution is -2.17. The Morgan fingerprint density at radius 3 is 2.65 bits per heavy atom. The molecule has 2 heterocycles. The Morgan fingerprint density at radius 1 is 1.15 bits per heavy atom. The fraction of sp³-hybridized carbons (Fsp3) is 0.188. The normalized spacial score (nSPS) is 12.5. The van der Waals surface area contributed by atoms with E-state index in [0.717, 1.165) is 11.3 Å². The van der Waals surface area contributed by atoms with E-state index >= 15 is 0 Å².